The van der Waals surface area contributed by atoms with Gasteiger partial charge in [-0.25, -0.2) is 13.8 Å². The maximum Gasteiger partial charge on any atom is 0.154 e. The summed E-state index contributed by atoms with van der Waals surface area (Å²) in [5.41, 5.74) is 2.48. The van der Waals surface area contributed by atoms with E-state index in [1.807, 2.05) is 0 Å². The van der Waals surface area contributed by atoms with Crippen molar-refractivity contribution in [2.45, 2.75) is 24.6 Å². The molecule has 0 aromatic carbocycles. The molecule has 6 heteroatoms. The zero-order valence-corrected chi connectivity index (χ0v) is 9.84. The summed E-state index contributed by atoms with van der Waals surface area (Å²) in [5, 5.41) is 0. The lowest BCUT2D eigenvalue weighted by Gasteiger charge is -2.30. The van der Waals surface area contributed by atoms with Gasteiger partial charge in [-0.2, -0.15) is 0 Å². The number of nitrogens with one attached hydrogen (secondary N) is 1. The number of hydrogen-bond donors (Lipinski definition) is 2. The number of nitrogens with two attached hydrogens (primary N) is 1. The number of rotatable bonds is 4. The van der Waals surface area contributed by atoms with Gasteiger partial charge in [0.1, 0.15) is 5.76 Å². The summed E-state index contributed by atoms with van der Waals surface area (Å²) in [7, 11) is -3.24. The van der Waals surface area contributed by atoms with Gasteiger partial charge >= 0.3 is 0 Å². The Hall–Kier alpha value is -0.850. The van der Waals surface area contributed by atoms with Crippen LogP contribution in [0.1, 0.15) is 25.6 Å². The second kappa shape index (κ2) is 3.96. The molecule has 3 N–H and O–H groups in total. The SMILES string of the molecule is CC(C)(C(NN)c1ccco1)S(C)(=O)=O. The Balaban J connectivity index is 3.14. The van der Waals surface area contributed by atoms with E-state index in [1.54, 1.807) is 26.0 Å². The lowest BCUT2D eigenvalue weighted by molar-refractivity contribution is 0.356. The fourth-order valence-corrected chi connectivity index (χ4v) is 1.91. The second-order valence-corrected chi connectivity index (χ2v) is 6.59. The van der Waals surface area contributed by atoms with Crippen LogP contribution in [-0.2, 0) is 9.84 Å². The van der Waals surface area contributed by atoms with Crippen molar-refractivity contribution in [3.8, 4) is 0 Å². The predicted octanol–water partition coefficient (Wildman–Crippen LogP) is 0.607. The summed E-state index contributed by atoms with van der Waals surface area (Å²) in [6, 6.07) is 2.82. The van der Waals surface area contributed by atoms with Crippen LogP contribution < -0.4 is 11.3 Å². The Labute approximate surface area is 89.5 Å². The molecule has 0 aliphatic heterocycles. The van der Waals surface area contributed by atoms with Gasteiger partial charge in [0.2, 0.25) is 0 Å². The molecule has 0 aliphatic carbocycles. The molecule has 0 saturated heterocycles. The highest BCUT2D eigenvalue weighted by Gasteiger charge is 2.40. The highest BCUT2D eigenvalue weighted by Crippen LogP contribution is 2.31. The van der Waals surface area contributed by atoms with E-state index in [9.17, 15) is 8.42 Å². The van der Waals surface area contributed by atoms with Crippen LogP contribution in [0.4, 0.5) is 0 Å². The van der Waals surface area contributed by atoms with Crippen molar-refractivity contribution in [3.63, 3.8) is 0 Å². The minimum atomic E-state index is -3.24. The third-order valence-electron chi connectivity index (χ3n) is 2.65. The number of hydrogen-bond acceptors (Lipinski definition) is 5. The van der Waals surface area contributed by atoms with Gasteiger partial charge in [-0.1, -0.05) is 0 Å². The molecule has 1 atom stereocenters. The van der Waals surface area contributed by atoms with Crippen LogP contribution in [0.3, 0.4) is 0 Å². The van der Waals surface area contributed by atoms with Crippen molar-refractivity contribution in [1.82, 2.24) is 5.43 Å². The van der Waals surface area contributed by atoms with Crippen molar-refractivity contribution in [2.75, 3.05) is 6.26 Å². The number of furan rings is 1. The topological polar surface area (TPSA) is 85.3 Å². The Morgan fingerprint density at radius 3 is 2.47 bits per heavy atom. The predicted molar refractivity (Wildman–Crippen MR) is 57.7 cm³/mol. The molecule has 0 spiro atoms. The summed E-state index contributed by atoms with van der Waals surface area (Å²) >= 11 is 0. The van der Waals surface area contributed by atoms with Crippen LogP contribution in [0.2, 0.25) is 0 Å². The summed E-state index contributed by atoms with van der Waals surface area (Å²) in [5.74, 6) is 5.88. The van der Waals surface area contributed by atoms with E-state index >= 15 is 0 Å². The van der Waals surface area contributed by atoms with Crippen molar-refractivity contribution in [1.29, 1.82) is 0 Å². The molecular weight excluding hydrogens is 216 g/mol. The molecule has 1 unspecified atom stereocenters. The molecular formula is C9H16N2O3S. The van der Waals surface area contributed by atoms with E-state index in [0.29, 0.717) is 5.76 Å². The van der Waals surface area contributed by atoms with Crippen LogP contribution >= 0.6 is 0 Å². The number of sulfone groups is 1. The number of hydrazine groups is 1. The molecule has 1 rings (SSSR count). The summed E-state index contributed by atoms with van der Waals surface area (Å²) in [6.45, 7) is 3.21. The average molecular weight is 232 g/mol. The maximum atomic E-state index is 11.6. The summed E-state index contributed by atoms with van der Waals surface area (Å²) < 4.78 is 27.4. The molecule has 1 aromatic rings. The average Bonchev–Trinajstić information content (AvgIpc) is 2.55. The fraction of sp³-hybridized carbons (Fsp3) is 0.556. The maximum absolute atomic E-state index is 11.6. The molecule has 15 heavy (non-hydrogen) atoms. The van der Waals surface area contributed by atoms with Gasteiger partial charge in [-0.3, -0.25) is 5.84 Å². The fourth-order valence-electron chi connectivity index (χ4n) is 1.30. The van der Waals surface area contributed by atoms with E-state index in [4.69, 9.17) is 10.3 Å². The third kappa shape index (κ3) is 2.22. The second-order valence-electron chi connectivity index (χ2n) is 3.99. The van der Waals surface area contributed by atoms with E-state index in [0.717, 1.165) is 0 Å². The standard InChI is InChI=1S/C9H16N2O3S/c1-9(2,15(3,12)13)8(11-10)7-5-4-6-14-7/h4-6,8,11H,10H2,1-3H3. The van der Waals surface area contributed by atoms with Gasteiger partial charge in [0.05, 0.1) is 17.1 Å². The Morgan fingerprint density at radius 2 is 2.13 bits per heavy atom. The minimum absolute atomic E-state index is 0.507. The highest BCUT2D eigenvalue weighted by molar-refractivity contribution is 7.92. The molecule has 1 heterocycles. The van der Waals surface area contributed by atoms with Crippen LogP contribution in [0.15, 0.2) is 22.8 Å². The van der Waals surface area contributed by atoms with Crippen molar-refractivity contribution < 1.29 is 12.8 Å². The molecule has 1 aromatic heterocycles. The van der Waals surface area contributed by atoms with E-state index in [-0.39, 0.29) is 0 Å². The van der Waals surface area contributed by atoms with E-state index in [1.165, 1.54) is 12.5 Å². The first kappa shape index (κ1) is 12.2. The van der Waals surface area contributed by atoms with Crippen molar-refractivity contribution >= 4 is 9.84 Å². The lowest BCUT2D eigenvalue weighted by atomic mass is 10.0. The molecule has 86 valence electrons. The minimum Gasteiger partial charge on any atom is -0.468 e. The summed E-state index contributed by atoms with van der Waals surface area (Å²) in [6.07, 6.45) is 2.66. The van der Waals surface area contributed by atoms with Crippen molar-refractivity contribution in [2.24, 2.45) is 5.84 Å². The van der Waals surface area contributed by atoms with Crippen molar-refractivity contribution in [3.05, 3.63) is 24.2 Å². The molecule has 0 fully saturated rings. The van der Waals surface area contributed by atoms with Crippen LogP contribution in [-0.4, -0.2) is 19.4 Å². The Kier molecular flexibility index (Phi) is 3.22. The van der Waals surface area contributed by atoms with Gasteiger partial charge in [0.15, 0.2) is 9.84 Å². The third-order valence-corrected chi connectivity index (χ3v) is 4.79. The van der Waals surface area contributed by atoms with E-state index < -0.39 is 20.6 Å². The Morgan fingerprint density at radius 1 is 1.53 bits per heavy atom. The zero-order chi connectivity index (χ0) is 11.7. The first-order chi connectivity index (χ1) is 6.80. The lowest BCUT2D eigenvalue weighted by Crippen LogP contribution is -2.47. The molecule has 0 saturated carbocycles. The van der Waals surface area contributed by atoms with Gasteiger partial charge < -0.3 is 4.42 Å². The molecule has 0 bridgehead atoms. The largest absolute Gasteiger partial charge is 0.468 e. The normalized spacial score (nSPS) is 15.2. The molecule has 5 nitrogen and oxygen atoms in total. The van der Waals surface area contributed by atoms with Crippen LogP contribution in [0, 0.1) is 0 Å². The van der Waals surface area contributed by atoms with E-state index in [2.05, 4.69) is 5.43 Å². The first-order valence-corrected chi connectivity index (χ1v) is 6.39. The first-order valence-electron chi connectivity index (χ1n) is 4.50. The van der Waals surface area contributed by atoms with Gasteiger partial charge in [0, 0.05) is 6.26 Å². The zero-order valence-electron chi connectivity index (χ0n) is 9.02. The summed E-state index contributed by atoms with van der Waals surface area (Å²) in [4.78, 5) is 0. The quantitative estimate of drug-likeness (QED) is 0.586. The van der Waals surface area contributed by atoms with Gasteiger partial charge in [0.25, 0.3) is 0 Å². The smallest absolute Gasteiger partial charge is 0.154 e. The highest BCUT2D eigenvalue weighted by atomic mass is 32.2. The van der Waals surface area contributed by atoms with Crippen LogP contribution in [0.5, 0.6) is 0 Å². The molecule has 0 amide bonds. The van der Waals surface area contributed by atoms with Gasteiger partial charge in [-0.15, -0.1) is 0 Å². The monoisotopic (exact) mass is 232 g/mol. The molecule has 0 radical (unpaired) electrons. The van der Waals surface area contributed by atoms with Crippen LogP contribution in [0.25, 0.3) is 0 Å². The Bertz CT molecular complexity index is 409. The molecule has 0 aliphatic rings. The van der Waals surface area contributed by atoms with Gasteiger partial charge in [-0.05, 0) is 26.0 Å².